The SMILES string of the molecule is CC(C)NC(C)C.CCc1cccc2oc(-c3ccccc3)c(C=O)c(=O)c12. The Kier molecular flexibility index (Phi) is 7.70. The first-order chi connectivity index (χ1) is 13.4. The first-order valence-electron chi connectivity index (χ1n) is 9.74. The molecule has 0 saturated heterocycles. The van der Waals surface area contributed by atoms with Crippen LogP contribution in [0.25, 0.3) is 22.3 Å². The smallest absolute Gasteiger partial charge is 0.204 e. The summed E-state index contributed by atoms with van der Waals surface area (Å²) in [5, 5.41) is 3.81. The van der Waals surface area contributed by atoms with E-state index in [1.165, 1.54) is 0 Å². The quantitative estimate of drug-likeness (QED) is 0.617. The molecule has 148 valence electrons. The van der Waals surface area contributed by atoms with Crippen molar-refractivity contribution in [2.75, 3.05) is 0 Å². The van der Waals surface area contributed by atoms with Crippen molar-refractivity contribution in [1.82, 2.24) is 5.32 Å². The molecule has 1 aromatic heterocycles. The molecule has 0 bridgehead atoms. The fourth-order valence-electron chi connectivity index (χ4n) is 3.19. The highest BCUT2D eigenvalue weighted by molar-refractivity contribution is 5.92. The van der Waals surface area contributed by atoms with E-state index in [1.807, 2.05) is 49.4 Å². The molecule has 2 aromatic carbocycles. The molecule has 0 unspecified atom stereocenters. The first kappa shape index (κ1) is 21.6. The van der Waals surface area contributed by atoms with Gasteiger partial charge in [-0.05, 0) is 18.1 Å². The van der Waals surface area contributed by atoms with Gasteiger partial charge in [-0.2, -0.15) is 0 Å². The van der Waals surface area contributed by atoms with Crippen LogP contribution in [0.15, 0.2) is 57.7 Å². The highest BCUT2D eigenvalue weighted by atomic mass is 16.3. The molecular weight excluding hydrogens is 350 g/mol. The molecule has 3 rings (SSSR count). The normalized spacial score (nSPS) is 10.8. The number of carbonyl (C=O) groups is 1. The minimum Gasteiger partial charge on any atom is -0.455 e. The molecule has 3 aromatic rings. The zero-order chi connectivity index (χ0) is 20.7. The van der Waals surface area contributed by atoms with Gasteiger partial charge in [0, 0.05) is 17.6 Å². The topological polar surface area (TPSA) is 59.3 Å². The minimum atomic E-state index is -0.262. The third-order valence-electron chi connectivity index (χ3n) is 4.24. The molecule has 0 aliphatic rings. The summed E-state index contributed by atoms with van der Waals surface area (Å²) in [6.45, 7) is 10.6. The number of hydrogen-bond donors (Lipinski definition) is 1. The summed E-state index contributed by atoms with van der Waals surface area (Å²) in [5.74, 6) is 0.330. The Labute approximate surface area is 166 Å². The monoisotopic (exact) mass is 379 g/mol. The first-order valence-corrected chi connectivity index (χ1v) is 9.74. The van der Waals surface area contributed by atoms with Crippen molar-refractivity contribution < 1.29 is 9.21 Å². The summed E-state index contributed by atoms with van der Waals surface area (Å²) in [6, 6.07) is 16.0. The zero-order valence-corrected chi connectivity index (χ0v) is 17.3. The van der Waals surface area contributed by atoms with Gasteiger partial charge >= 0.3 is 0 Å². The van der Waals surface area contributed by atoms with E-state index < -0.39 is 0 Å². The minimum absolute atomic E-state index is 0.0783. The summed E-state index contributed by atoms with van der Waals surface area (Å²) in [7, 11) is 0. The number of aryl methyl sites for hydroxylation is 1. The van der Waals surface area contributed by atoms with E-state index in [1.54, 1.807) is 6.07 Å². The Morgan fingerprint density at radius 2 is 1.61 bits per heavy atom. The van der Waals surface area contributed by atoms with E-state index in [2.05, 4.69) is 33.0 Å². The zero-order valence-electron chi connectivity index (χ0n) is 17.3. The van der Waals surface area contributed by atoms with Gasteiger partial charge in [-0.25, -0.2) is 0 Å². The van der Waals surface area contributed by atoms with Crippen molar-refractivity contribution in [3.8, 4) is 11.3 Å². The van der Waals surface area contributed by atoms with Crippen molar-refractivity contribution in [1.29, 1.82) is 0 Å². The number of fused-ring (bicyclic) bond motifs is 1. The highest BCUT2D eigenvalue weighted by Gasteiger charge is 2.16. The lowest BCUT2D eigenvalue weighted by atomic mass is 10.0. The summed E-state index contributed by atoms with van der Waals surface area (Å²) in [6.07, 6.45) is 1.30. The second-order valence-corrected chi connectivity index (χ2v) is 7.28. The van der Waals surface area contributed by atoms with Gasteiger partial charge in [0.05, 0.1) is 5.39 Å². The van der Waals surface area contributed by atoms with Gasteiger partial charge < -0.3 is 9.73 Å². The standard InChI is InChI=1S/C18H14O3.C6H15N/c1-2-12-9-6-10-15-16(12)17(20)14(11-19)18(21-15)13-7-4-3-5-8-13;1-5(2)7-6(3)4/h3-11H,2H2,1H3;5-7H,1-4H3. The van der Waals surface area contributed by atoms with Crippen molar-refractivity contribution >= 4 is 17.3 Å². The van der Waals surface area contributed by atoms with Crippen molar-refractivity contribution in [2.24, 2.45) is 0 Å². The predicted molar refractivity (Wildman–Crippen MR) is 116 cm³/mol. The Balaban J connectivity index is 0.000000345. The van der Waals surface area contributed by atoms with E-state index >= 15 is 0 Å². The molecule has 0 fully saturated rings. The van der Waals surface area contributed by atoms with Crippen molar-refractivity contribution in [2.45, 2.75) is 53.1 Å². The van der Waals surface area contributed by atoms with Crippen LogP contribution in [-0.4, -0.2) is 18.4 Å². The highest BCUT2D eigenvalue weighted by Crippen LogP contribution is 2.26. The van der Waals surface area contributed by atoms with E-state index in [4.69, 9.17) is 4.42 Å². The third kappa shape index (κ3) is 5.17. The van der Waals surface area contributed by atoms with Crippen LogP contribution < -0.4 is 10.7 Å². The molecule has 0 aliphatic heterocycles. The van der Waals surface area contributed by atoms with Gasteiger partial charge in [-0.3, -0.25) is 9.59 Å². The van der Waals surface area contributed by atoms with Crippen LogP contribution in [0, 0.1) is 0 Å². The molecule has 0 atom stereocenters. The van der Waals surface area contributed by atoms with Crippen LogP contribution in [0.4, 0.5) is 0 Å². The average molecular weight is 380 g/mol. The number of carbonyl (C=O) groups excluding carboxylic acids is 1. The molecule has 0 aliphatic carbocycles. The van der Waals surface area contributed by atoms with Crippen LogP contribution in [-0.2, 0) is 6.42 Å². The van der Waals surface area contributed by atoms with Gasteiger partial charge in [-0.1, -0.05) is 77.1 Å². The molecule has 0 amide bonds. The second kappa shape index (κ2) is 10.00. The summed E-state index contributed by atoms with van der Waals surface area (Å²) in [5.41, 5.74) is 1.95. The maximum atomic E-state index is 12.6. The largest absolute Gasteiger partial charge is 0.455 e. The fourth-order valence-corrected chi connectivity index (χ4v) is 3.19. The average Bonchev–Trinajstić information content (AvgIpc) is 2.67. The molecule has 28 heavy (non-hydrogen) atoms. The number of benzene rings is 2. The molecule has 0 spiro atoms. The molecule has 0 radical (unpaired) electrons. The number of hydrogen-bond acceptors (Lipinski definition) is 4. The maximum Gasteiger partial charge on any atom is 0.204 e. The van der Waals surface area contributed by atoms with Crippen LogP contribution in [0.3, 0.4) is 0 Å². The Morgan fingerprint density at radius 1 is 0.964 bits per heavy atom. The molecule has 1 heterocycles. The Morgan fingerprint density at radius 3 is 2.11 bits per heavy atom. The molecule has 4 heteroatoms. The van der Waals surface area contributed by atoms with Crippen molar-refractivity contribution in [3.63, 3.8) is 0 Å². The Hall–Kier alpha value is -2.72. The summed E-state index contributed by atoms with van der Waals surface area (Å²) >= 11 is 0. The van der Waals surface area contributed by atoms with Gasteiger partial charge in [0.2, 0.25) is 5.43 Å². The van der Waals surface area contributed by atoms with Crippen molar-refractivity contribution in [3.05, 3.63) is 69.9 Å². The lowest BCUT2D eigenvalue weighted by molar-refractivity contribution is 0.112. The summed E-state index contributed by atoms with van der Waals surface area (Å²) < 4.78 is 5.86. The van der Waals surface area contributed by atoms with Crippen LogP contribution in [0.2, 0.25) is 0 Å². The van der Waals surface area contributed by atoms with Crippen LogP contribution in [0.1, 0.15) is 50.5 Å². The molecular formula is C24H29NO3. The second-order valence-electron chi connectivity index (χ2n) is 7.28. The van der Waals surface area contributed by atoms with Gasteiger partial charge in [0.25, 0.3) is 0 Å². The predicted octanol–water partition coefficient (Wildman–Crippen LogP) is 5.23. The maximum absolute atomic E-state index is 12.6. The number of aldehydes is 1. The Bertz CT molecular complexity index is 966. The van der Waals surface area contributed by atoms with Gasteiger partial charge in [0.1, 0.15) is 16.9 Å². The molecule has 1 N–H and O–H groups in total. The van der Waals surface area contributed by atoms with Crippen LogP contribution in [0.5, 0.6) is 0 Å². The van der Waals surface area contributed by atoms with Crippen LogP contribution >= 0.6 is 0 Å². The summed E-state index contributed by atoms with van der Waals surface area (Å²) in [4.78, 5) is 24.0. The number of rotatable bonds is 5. The lowest BCUT2D eigenvalue weighted by Crippen LogP contribution is -2.29. The van der Waals surface area contributed by atoms with E-state index in [0.717, 1.165) is 11.1 Å². The van der Waals surface area contributed by atoms with E-state index in [-0.39, 0.29) is 11.0 Å². The van der Waals surface area contributed by atoms with Gasteiger partial charge in [-0.15, -0.1) is 0 Å². The lowest BCUT2D eigenvalue weighted by Gasteiger charge is -2.10. The van der Waals surface area contributed by atoms with Gasteiger partial charge in [0.15, 0.2) is 6.29 Å². The number of nitrogens with one attached hydrogen (secondary N) is 1. The molecule has 0 saturated carbocycles. The molecule has 4 nitrogen and oxygen atoms in total. The third-order valence-corrected chi connectivity index (χ3v) is 4.24. The fraction of sp³-hybridized carbons (Fsp3) is 0.333. The van der Waals surface area contributed by atoms with E-state index in [9.17, 15) is 9.59 Å². The van der Waals surface area contributed by atoms with E-state index in [0.29, 0.717) is 41.5 Å².